The van der Waals surface area contributed by atoms with E-state index in [1.165, 1.54) is 0 Å². The van der Waals surface area contributed by atoms with Crippen molar-refractivity contribution < 1.29 is 0 Å². The number of nitrogens with zero attached hydrogens (tertiary/aromatic N) is 2. The Bertz CT molecular complexity index is 500. The molecule has 16 heavy (non-hydrogen) atoms. The Hall–Kier alpha value is -0.740. The third-order valence-electron chi connectivity index (χ3n) is 2.22. The van der Waals surface area contributed by atoms with Gasteiger partial charge in [-0.15, -0.1) is 11.3 Å². The van der Waals surface area contributed by atoms with Crippen molar-refractivity contribution in [2.24, 2.45) is 0 Å². The van der Waals surface area contributed by atoms with Crippen molar-refractivity contribution in [3.8, 4) is 10.6 Å². The number of thiazole rings is 1. The SMILES string of the molecule is CC(C)(C)c1csc(-c2cncc(Br)c2)n1. The summed E-state index contributed by atoms with van der Waals surface area (Å²) in [5, 5.41) is 3.15. The number of hydrogen-bond acceptors (Lipinski definition) is 3. The van der Waals surface area contributed by atoms with E-state index in [1.807, 2.05) is 12.3 Å². The van der Waals surface area contributed by atoms with Crippen LogP contribution < -0.4 is 0 Å². The molecule has 4 heteroatoms. The topological polar surface area (TPSA) is 25.8 Å². The molecule has 0 spiro atoms. The predicted molar refractivity (Wildman–Crippen MR) is 71.7 cm³/mol. The minimum atomic E-state index is 0.105. The Morgan fingerprint density at radius 3 is 2.56 bits per heavy atom. The number of rotatable bonds is 1. The van der Waals surface area contributed by atoms with Gasteiger partial charge in [-0.25, -0.2) is 4.98 Å². The molecule has 2 nitrogen and oxygen atoms in total. The van der Waals surface area contributed by atoms with Crippen LogP contribution >= 0.6 is 27.3 Å². The van der Waals surface area contributed by atoms with Crippen molar-refractivity contribution in [2.45, 2.75) is 26.2 Å². The summed E-state index contributed by atoms with van der Waals surface area (Å²) < 4.78 is 0.984. The Balaban J connectivity index is 2.39. The summed E-state index contributed by atoms with van der Waals surface area (Å²) in [5.74, 6) is 0. The summed E-state index contributed by atoms with van der Waals surface area (Å²) in [6.07, 6.45) is 3.62. The number of pyridine rings is 1. The van der Waals surface area contributed by atoms with Gasteiger partial charge in [0.05, 0.1) is 5.69 Å². The second-order valence-corrected chi connectivity index (χ2v) is 6.45. The minimum absolute atomic E-state index is 0.105. The fourth-order valence-corrected chi connectivity index (χ4v) is 2.67. The van der Waals surface area contributed by atoms with Gasteiger partial charge in [0.25, 0.3) is 0 Å². The van der Waals surface area contributed by atoms with Crippen molar-refractivity contribution in [3.63, 3.8) is 0 Å². The molecule has 0 saturated heterocycles. The molecule has 2 aromatic heterocycles. The van der Waals surface area contributed by atoms with E-state index in [1.54, 1.807) is 17.5 Å². The molecule has 2 heterocycles. The van der Waals surface area contributed by atoms with Crippen molar-refractivity contribution in [2.75, 3.05) is 0 Å². The molecule has 0 unspecified atom stereocenters. The van der Waals surface area contributed by atoms with Gasteiger partial charge in [0, 0.05) is 33.2 Å². The standard InChI is InChI=1S/C12H13BrN2S/c1-12(2,3)10-7-16-11(15-10)8-4-9(13)6-14-5-8/h4-7H,1-3H3. The van der Waals surface area contributed by atoms with E-state index in [4.69, 9.17) is 0 Å². The summed E-state index contributed by atoms with van der Waals surface area (Å²) in [5.41, 5.74) is 2.30. The van der Waals surface area contributed by atoms with Gasteiger partial charge in [0.1, 0.15) is 5.01 Å². The fourth-order valence-electron chi connectivity index (χ4n) is 1.28. The van der Waals surface area contributed by atoms with E-state index in [2.05, 4.69) is 52.0 Å². The summed E-state index contributed by atoms with van der Waals surface area (Å²) in [6, 6.07) is 2.04. The zero-order valence-corrected chi connectivity index (χ0v) is 11.9. The molecule has 0 aromatic carbocycles. The van der Waals surface area contributed by atoms with E-state index in [0.29, 0.717) is 0 Å². The van der Waals surface area contributed by atoms with Crippen LogP contribution in [0.25, 0.3) is 10.6 Å². The highest BCUT2D eigenvalue weighted by Crippen LogP contribution is 2.30. The first-order valence-corrected chi connectivity index (χ1v) is 6.71. The summed E-state index contributed by atoms with van der Waals surface area (Å²) >= 11 is 5.09. The van der Waals surface area contributed by atoms with Gasteiger partial charge in [0.15, 0.2) is 0 Å². The highest BCUT2D eigenvalue weighted by Gasteiger charge is 2.17. The van der Waals surface area contributed by atoms with Crippen LogP contribution in [0.3, 0.4) is 0 Å². The van der Waals surface area contributed by atoms with E-state index >= 15 is 0 Å². The quantitative estimate of drug-likeness (QED) is 0.785. The Morgan fingerprint density at radius 2 is 2.00 bits per heavy atom. The second kappa shape index (κ2) is 4.26. The van der Waals surface area contributed by atoms with Gasteiger partial charge in [-0.05, 0) is 22.0 Å². The molecular formula is C12H13BrN2S. The maximum Gasteiger partial charge on any atom is 0.125 e. The molecular weight excluding hydrogens is 284 g/mol. The monoisotopic (exact) mass is 296 g/mol. The lowest BCUT2D eigenvalue weighted by atomic mass is 9.93. The van der Waals surface area contributed by atoms with Crippen LogP contribution in [-0.4, -0.2) is 9.97 Å². The third kappa shape index (κ3) is 2.50. The van der Waals surface area contributed by atoms with E-state index < -0.39 is 0 Å². The van der Waals surface area contributed by atoms with Crippen molar-refractivity contribution >= 4 is 27.3 Å². The lowest BCUT2D eigenvalue weighted by Gasteiger charge is -2.14. The molecule has 0 atom stereocenters. The highest BCUT2D eigenvalue weighted by molar-refractivity contribution is 9.10. The molecule has 0 fully saturated rings. The van der Waals surface area contributed by atoms with Gasteiger partial charge in [-0.3, -0.25) is 4.98 Å². The maximum absolute atomic E-state index is 4.65. The molecule has 0 aliphatic rings. The predicted octanol–water partition coefficient (Wildman–Crippen LogP) is 4.27. The Morgan fingerprint density at radius 1 is 1.25 bits per heavy atom. The summed E-state index contributed by atoms with van der Waals surface area (Å²) in [4.78, 5) is 8.80. The normalized spacial score (nSPS) is 11.8. The van der Waals surface area contributed by atoms with E-state index in [-0.39, 0.29) is 5.41 Å². The first-order valence-electron chi connectivity index (χ1n) is 5.04. The van der Waals surface area contributed by atoms with Crippen LogP contribution in [0.1, 0.15) is 26.5 Å². The first-order chi connectivity index (χ1) is 7.47. The maximum atomic E-state index is 4.65. The summed E-state index contributed by atoms with van der Waals surface area (Å²) in [7, 11) is 0. The van der Waals surface area contributed by atoms with Crippen LogP contribution in [0.2, 0.25) is 0 Å². The molecule has 0 amide bonds. The molecule has 84 valence electrons. The van der Waals surface area contributed by atoms with Crippen LogP contribution in [-0.2, 0) is 5.41 Å². The lowest BCUT2D eigenvalue weighted by molar-refractivity contribution is 0.573. The Kier molecular flexibility index (Phi) is 3.13. The molecule has 2 rings (SSSR count). The second-order valence-electron chi connectivity index (χ2n) is 4.68. The highest BCUT2D eigenvalue weighted by atomic mass is 79.9. The van der Waals surface area contributed by atoms with Gasteiger partial charge >= 0.3 is 0 Å². The molecule has 0 radical (unpaired) electrons. The molecule has 0 saturated carbocycles. The molecule has 0 aliphatic heterocycles. The fraction of sp³-hybridized carbons (Fsp3) is 0.333. The third-order valence-corrected chi connectivity index (χ3v) is 3.55. The van der Waals surface area contributed by atoms with Crippen molar-refractivity contribution in [1.29, 1.82) is 0 Å². The Labute approximate surface area is 108 Å². The average Bonchev–Trinajstić information content (AvgIpc) is 2.65. The minimum Gasteiger partial charge on any atom is -0.263 e. The van der Waals surface area contributed by atoms with Gasteiger partial charge in [-0.2, -0.15) is 0 Å². The number of hydrogen-bond donors (Lipinski definition) is 0. The average molecular weight is 297 g/mol. The first kappa shape index (κ1) is 11.7. The zero-order chi connectivity index (χ0) is 11.8. The smallest absolute Gasteiger partial charge is 0.125 e. The van der Waals surface area contributed by atoms with Crippen LogP contribution in [0.15, 0.2) is 28.3 Å². The van der Waals surface area contributed by atoms with E-state index in [0.717, 1.165) is 20.7 Å². The van der Waals surface area contributed by atoms with Crippen LogP contribution in [0, 0.1) is 0 Å². The largest absolute Gasteiger partial charge is 0.263 e. The van der Waals surface area contributed by atoms with Crippen LogP contribution in [0.5, 0.6) is 0 Å². The van der Waals surface area contributed by atoms with Gasteiger partial charge in [-0.1, -0.05) is 20.8 Å². The van der Waals surface area contributed by atoms with Crippen molar-refractivity contribution in [3.05, 3.63) is 34.0 Å². The lowest BCUT2D eigenvalue weighted by Crippen LogP contribution is -2.11. The zero-order valence-electron chi connectivity index (χ0n) is 9.49. The number of halogens is 1. The van der Waals surface area contributed by atoms with Crippen molar-refractivity contribution in [1.82, 2.24) is 9.97 Å². The van der Waals surface area contributed by atoms with Crippen LogP contribution in [0.4, 0.5) is 0 Å². The van der Waals surface area contributed by atoms with E-state index in [9.17, 15) is 0 Å². The molecule has 2 aromatic rings. The molecule has 0 aliphatic carbocycles. The number of aromatic nitrogens is 2. The van der Waals surface area contributed by atoms with Gasteiger partial charge < -0.3 is 0 Å². The molecule has 0 bridgehead atoms. The molecule has 0 N–H and O–H groups in total. The summed E-state index contributed by atoms with van der Waals surface area (Å²) in [6.45, 7) is 6.51. The van der Waals surface area contributed by atoms with Gasteiger partial charge in [0.2, 0.25) is 0 Å².